The molecule has 0 aliphatic carbocycles. The minimum Gasteiger partial charge on any atom is -0.279 e. The summed E-state index contributed by atoms with van der Waals surface area (Å²) < 4.78 is 0. The maximum atomic E-state index is 5.80. The van der Waals surface area contributed by atoms with Crippen molar-refractivity contribution in [1.82, 2.24) is 0 Å². The van der Waals surface area contributed by atoms with Gasteiger partial charge in [-0.05, 0) is 42.7 Å². The number of nitrogens with zero attached hydrogens (tertiary/aromatic N) is 1. The zero-order valence-corrected chi connectivity index (χ0v) is 10.8. The van der Waals surface area contributed by atoms with E-state index in [1.807, 2.05) is 36.5 Å². The molecule has 2 aromatic rings. The van der Waals surface area contributed by atoms with Crippen molar-refractivity contribution in [1.29, 1.82) is 0 Å². The number of benzene rings is 2. The lowest BCUT2D eigenvalue weighted by Gasteiger charge is -2.00. The van der Waals surface area contributed by atoms with Crippen molar-refractivity contribution in [3.8, 4) is 0 Å². The summed E-state index contributed by atoms with van der Waals surface area (Å²) in [6.45, 7) is 0. The van der Waals surface area contributed by atoms with Gasteiger partial charge >= 0.3 is 0 Å². The second-order valence-corrected chi connectivity index (χ2v) is 4.39. The third-order valence-corrected chi connectivity index (χ3v) is 2.79. The number of hydrazone groups is 1. The van der Waals surface area contributed by atoms with Crippen LogP contribution in [0.4, 0.5) is 5.69 Å². The Kier molecular flexibility index (Phi) is 4.79. The van der Waals surface area contributed by atoms with Gasteiger partial charge in [0.15, 0.2) is 0 Å². The number of nitrogens with one attached hydrogen (secondary N) is 1. The van der Waals surface area contributed by atoms with E-state index in [4.69, 9.17) is 11.6 Å². The first-order valence-corrected chi connectivity index (χ1v) is 6.29. The summed E-state index contributed by atoms with van der Waals surface area (Å²) in [5.74, 6) is 0. The largest absolute Gasteiger partial charge is 0.279 e. The van der Waals surface area contributed by atoms with Crippen LogP contribution in [0.2, 0.25) is 5.02 Å². The molecule has 0 saturated carbocycles. The molecule has 92 valence electrons. The lowest BCUT2D eigenvalue weighted by atomic mass is 10.1. The molecule has 0 amide bonds. The molecule has 0 radical (unpaired) electrons. The van der Waals surface area contributed by atoms with Gasteiger partial charge < -0.3 is 0 Å². The highest BCUT2D eigenvalue weighted by molar-refractivity contribution is 6.30. The van der Waals surface area contributed by atoms with Crippen molar-refractivity contribution in [3.05, 3.63) is 65.2 Å². The fourth-order valence-corrected chi connectivity index (χ4v) is 1.71. The lowest BCUT2D eigenvalue weighted by molar-refractivity contribution is 1.05. The zero-order valence-electron chi connectivity index (χ0n) is 10.0. The molecule has 2 nitrogen and oxygen atoms in total. The molecule has 0 aliphatic rings. The third kappa shape index (κ3) is 4.22. The number of anilines is 1. The Morgan fingerprint density at radius 2 is 1.72 bits per heavy atom. The van der Waals surface area contributed by atoms with Crippen LogP contribution in [0.15, 0.2) is 59.7 Å². The molecule has 0 bridgehead atoms. The molecule has 18 heavy (non-hydrogen) atoms. The number of hydrogen-bond acceptors (Lipinski definition) is 2. The Morgan fingerprint density at radius 1 is 1.00 bits per heavy atom. The minimum atomic E-state index is 0.730. The highest BCUT2D eigenvalue weighted by Gasteiger charge is 1.90. The first-order chi connectivity index (χ1) is 8.84. The second kappa shape index (κ2) is 6.82. The summed E-state index contributed by atoms with van der Waals surface area (Å²) in [7, 11) is 0. The predicted octanol–water partition coefficient (Wildman–Crippen LogP) is 4.37. The smallest absolute Gasteiger partial charge is 0.0562 e. The van der Waals surface area contributed by atoms with Crippen LogP contribution in [0.5, 0.6) is 0 Å². The monoisotopic (exact) mass is 258 g/mol. The van der Waals surface area contributed by atoms with Crippen LogP contribution < -0.4 is 5.43 Å². The number of hydrogen-bond donors (Lipinski definition) is 1. The number of halogens is 1. The van der Waals surface area contributed by atoms with Crippen molar-refractivity contribution in [2.75, 3.05) is 5.43 Å². The van der Waals surface area contributed by atoms with Gasteiger partial charge in [-0.25, -0.2) is 0 Å². The van der Waals surface area contributed by atoms with Crippen LogP contribution in [0.3, 0.4) is 0 Å². The van der Waals surface area contributed by atoms with E-state index < -0.39 is 0 Å². The molecule has 0 atom stereocenters. The average molecular weight is 259 g/mol. The topological polar surface area (TPSA) is 24.4 Å². The number of aryl methyl sites for hydroxylation is 1. The Labute approximate surface area is 112 Å². The van der Waals surface area contributed by atoms with Gasteiger partial charge in [0.2, 0.25) is 0 Å². The van der Waals surface area contributed by atoms with Crippen LogP contribution >= 0.6 is 11.6 Å². The molecule has 2 aromatic carbocycles. The quantitative estimate of drug-likeness (QED) is 0.625. The zero-order chi connectivity index (χ0) is 12.6. The van der Waals surface area contributed by atoms with Gasteiger partial charge in [0.25, 0.3) is 0 Å². The van der Waals surface area contributed by atoms with E-state index in [0.717, 1.165) is 23.6 Å². The summed E-state index contributed by atoms with van der Waals surface area (Å²) in [4.78, 5) is 0. The summed E-state index contributed by atoms with van der Waals surface area (Å²) in [6.07, 6.45) is 3.82. The lowest BCUT2D eigenvalue weighted by Crippen LogP contribution is -1.91. The van der Waals surface area contributed by atoms with Gasteiger partial charge in [0.1, 0.15) is 0 Å². The fourth-order valence-electron chi connectivity index (χ4n) is 1.59. The highest BCUT2D eigenvalue weighted by Crippen LogP contribution is 2.13. The molecule has 0 aromatic heterocycles. The SMILES string of the molecule is Clc1ccc(NN=CCCc2ccccc2)cc1. The Bertz CT molecular complexity index is 492. The maximum Gasteiger partial charge on any atom is 0.0562 e. The first-order valence-electron chi connectivity index (χ1n) is 5.91. The van der Waals surface area contributed by atoms with Crippen LogP contribution in [0.1, 0.15) is 12.0 Å². The molecule has 1 N–H and O–H groups in total. The summed E-state index contributed by atoms with van der Waals surface area (Å²) in [6, 6.07) is 17.9. The van der Waals surface area contributed by atoms with Gasteiger partial charge in [0, 0.05) is 11.2 Å². The average Bonchev–Trinajstić information content (AvgIpc) is 2.42. The van der Waals surface area contributed by atoms with Crippen molar-refractivity contribution in [3.63, 3.8) is 0 Å². The van der Waals surface area contributed by atoms with E-state index in [9.17, 15) is 0 Å². The van der Waals surface area contributed by atoms with Crippen molar-refractivity contribution < 1.29 is 0 Å². The van der Waals surface area contributed by atoms with Gasteiger partial charge in [-0.2, -0.15) is 5.10 Å². The molecule has 2 rings (SSSR count). The summed E-state index contributed by atoms with van der Waals surface area (Å²) in [5.41, 5.74) is 5.24. The molecule has 3 heteroatoms. The van der Waals surface area contributed by atoms with Gasteiger partial charge in [-0.1, -0.05) is 41.9 Å². The van der Waals surface area contributed by atoms with Crippen molar-refractivity contribution in [2.24, 2.45) is 5.10 Å². The standard InChI is InChI=1S/C15H15ClN2/c16-14-8-10-15(11-9-14)18-17-12-4-7-13-5-2-1-3-6-13/h1-3,5-6,8-12,18H,4,7H2. The van der Waals surface area contributed by atoms with E-state index in [0.29, 0.717) is 0 Å². The molecule has 0 unspecified atom stereocenters. The molecular weight excluding hydrogens is 244 g/mol. The normalized spacial score (nSPS) is 10.7. The van der Waals surface area contributed by atoms with E-state index in [2.05, 4.69) is 34.8 Å². The fraction of sp³-hybridized carbons (Fsp3) is 0.133. The molecular formula is C15H15ClN2. The second-order valence-electron chi connectivity index (χ2n) is 3.95. The predicted molar refractivity (Wildman–Crippen MR) is 78.3 cm³/mol. The first kappa shape index (κ1) is 12.7. The van der Waals surface area contributed by atoms with Crippen LogP contribution in [0, 0.1) is 0 Å². The molecule has 0 fully saturated rings. The Hall–Kier alpha value is -1.80. The van der Waals surface area contributed by atoms with Gasteiger partial charge in [0.05, 0.1) is 5.69 Å². The van der Waals surface area contributed by atoms with Crippen molar-refractivity contribution in [2.45, 2.75) is 12.8 Å². The molecule has 0 aliphatic heterocycles. The Balaban J connectivity index is 1.74. The minimum absolute atomic E-state index is 0.730. The summed E-state index contributed by atoms with van der Waals surface area (Å²) in [5, 5.41) is 4.90. The molecule has 0 spiro atoms. The van der Waals surface area contributed by atoms with E-state index in [1.165, 1.54) is 5.56 Å². The summed E-state index contributed by atoms with van der Waals surface area (Å²) >= 11 is 5.80. The van der Waals surface area contributed by atoms with Crippen LogP contribution in [-0.4, -0.2) is 6.21 Å². The van der Waals surface area contributed by atoms with Gasteiger partial charge in [-0.3, -0.25) is 5.43 Å². The third-order valence-electron chi connectivity index (χ3n) is 2.53. The highest BCUT2D eigenvalue weighted by atomic mass is 35.5. The van der Waals surface area contributed by atoms with Crippen molar-refractivity contribution >= 4 is 23.5 Å². The van der Waals surface area contributed by atoms with E-state index in [-0.39, 0.29) is 0 Å². The van der Waals surface area contributed by atoms with Crippen LogP contribution in [0.25, 0.3) is 0 Å². The molecule has 0 saturated heterocycles. The molecule has 0 heterocycles. The van der Waals surface area contributed by atoms with Crippen LogP contribution in [-0.2, 0) is 6.42 Å². The van der Waals surface area contributed by atoms with E-state index >= 15 is 0 Å². The van der Waals surface area contributed by atoms with E-state index in [1.54, 1.807) is 0 Å². The Morgan fingerprint density at radius 3 is 2.44 bits per heavy atom. The maximum absolute atomic E-state index is 5.80. The number of rotatable bonds is 5. The van der Waals surface area contributed by atoms with Gasteiger partial charge in [-0.15, -0.1) is 0 Å².